The van der Waals surface area contributed by atoms with E-state index in [-0.39, 0.29) is 23.8 Å². The maximum absolute atomic E-state index is 14.0. The molecule has 0 radical (unpaired) electrons. The summed E-state index contributed by atoms with van der Waals surface area (Å²) in [5, 5.41) is 9.97. The first-order valence-corrected chi connectivity index (χ1v) is 10.2. The average Bonchev–Trinajstić information content (AvgIpc) is 2.66. The number of hydrogen-bond donors (Lipinski definition) is 2. The van der Waals surface area contributed by atoms with E-state index in [2.05, 4.69) is 13.8 Å². The van der Waals surface area contributed by atoms with Crippen molar-refractivity contribution in [1.82, 2.24) is 0 Å². The number of hydrogen-bond acceptors (Lipinski definition) is 3. The van der Waals surface area contributed by atoms with E-state index in [0.29, 0.717) is 22.8 Å². The molecule has 0 aliphatic heterocycles. The van der Waals surface area contributed by atoms with Gasteiger partial charge in [-0.25, -0.2) is 0 Å². The Morgan fingerprint density at radius 1 is 1.10 bits per heavy atom. The number of rotatable bonds is 5. The lowest BCUT2D eigenvalue weighted by atomic mass is 9.80. The Morgan fingerprint density at radius 3 is 2.31 bits per heavy atom. The van der Waals surface area contributed by atoms with Gasteiger partial charge in [0.1, 0.15) is 11.3 Å². The summed E-state index contributed by atoms with van der Waals surface area (Å²) >= 11 is 0. The van der Waals surface area contributed by atoms with Crippen molar-refractivity contribution in [1.29, 1.82) is 0 Å². The molecule has 1 aliphatic rings. The van der Waals surface area contributed by atoms with Crippen molar-refractivity contribution in [2.24, 2.45) is 17.6 Å². The topological polar surface area (TPSA) is 55.5 Å². The van der Waals surface area contributed by atoms with Crippen LogP contribution in [0, 0.1) is 11.8 Å². The van der Waals surface area contributed by atoms with Gasteiger partial charge in [-0.1, -0.05) is 32.0 Å². The number of ether oxygens (including phenoxy) is 1. The van der Waals surface area contributed by atoms with Gasteiger partial charge in [-0.15, -0.1) is 0 Å². The Hall–Kier alpha value is -1.79. The number of fused-ring (bicyclic) bond motifs is 1. The SMILES string of the molecule is CC(C)C1CCC(Oc2ccc3cc(C(C)(N)CO)ccc3c2C(F)(F)F)CC1. The van der Waals surface area contributed by atoms with Crippen molar-refractivity contribution in [2.45, 2.75) is 64.3 Å². The van der Waals surface area contributed by atoms with Gasteiger partial charge in [0.2, 0.25) is 0 Å². The Morgan fingerprint density at radius 2 is 1.76 bits per heavy atom. The summed E-state index contributed by atoms with van der Waals surface area (Å²) in [7, 11) is 0. The summed E-state index contributed by atoms with van der Waals surface area (Å²) in [6.45, 7) is 5.72. The van der Waals surface area contributed by atoms with E-state index < -0.39 is 17.3 Å². The van der Waals surface area contributed by atoms with Crippen LogP contribution < -0.4 is 10.5 Å². The fourth-order valence-electron chi connectivity index (χ4n) is 4.20. The third-order valence-electron chi connectivity index (χ3n) is 6.21. The van der Waals surface area contributed by atoms with E-state index >= 15 is 0 Å². The molecule has 6 heteroatoms. The maximum atomic E-state index is 14.0. The minimum atomic E-state index is -4.53. The van der Waals surface area contributed by atoms with Crippen LogP contribution in [-0.2, 0) is 11.7 Å². The lowest BCUT2D eigenvalue weighted by molar-refractivity contribution is -0.138. The normalized spacial score (nSPS) is 22.7. The second-order valence-electron chi connectivity index (χ2n) is 8.85. The quantitative estimate of drug-likeness (QED) is 0.674. The van der Waals surface area contributed by atoms with E-state index in [0.717, 1.165) is 25.7 Å². The molecule has 0 aromatic heterocycles. The van der Waals surface area contributed by atoms with Crippen molar-refractivity contribution in [3.63, 3.8) is 0 Å². The number of halogens is 3. The van der Waals surface area contributed by atoms with Crippen LogP contribution in [0.5, 0.6) is 5.75 Å². The Balaban J connectivity index is 1.95. The van der Waals surface area contributed by atoms with Gasteiger partial charge in [-0.05, 0) is 72.9 Å². The first kappa shape index (κ1) is 21.9. The number of alkyl halides is 3. The van der Waals surface area contributed by atoms with Crippen molar-refractivity contribution in [3.8, 4) is 5.75 Å². The van der Waals surface area contributed by atoms with E-state index in [9.17, 15) is 18.3 Å². The third-order valence-corrected chi connectivity index (χ3v) is 6.21. The van der Waals surface area contributed by atoms with E-state index in [4.69, 9.17) is 10.5 Å². The van der Waals surface area contributed by atoms with E-state index in [1.807, 2.05) is 0 Å². The molecule has 1 atom stereocenters. The number of aliphatic hydroxyl groups excluding tert-OH is 1. The molecule has 1 fully saturated rings. The van der Waals surface area contributed by atoms with Crippen molar-refractivity contribution in [3.05, 3.63) is 41.5 Å². The smallest absolute Gasteiger partial charge is 0.420 e. The number of nitrogens with two attached hydrogens (primary N) is 1. The van der Waals surface area contributed by atoms with Gasteiger partial charge in [0.25, 0.3) is 0 Å². The van der Waals surface area contributed by atoms with Crippen LogP contribution in [0.15, 0.2) is 30.3 Å². The highest BCUT2D eigenvalue weighted by Gasteiger charge is 2.38. The summed E-state index contributed by atoms with van der Waals surface area (Å²) in [6.07, 6.45) is -1.20. The largest absolute Gasteiger partial charge is 0.490 e. The van der Waals surface area contributed by atoms with Crippen LogP contribution in [-0.4, -0.2) is 17.8 Å². The summed E-state index contributed by atoms with van der Waals surface area (Å²) in [5.41, 5.74) is 4.87. The fourth-order valence-corrected chi connectivity index (χ4v) is 4.20. The molecule has 3 nitrogen and oxygen atoms in total. The van der Waals surface area contributed by atoms with Crippen LogP contribution in [0.4, 0.5) is 13.2 Å². The maximum Gasteiger partial charge on any atom is 0.420 e. The lowest BCUT2D eigenvalue weighted by Crippen LogP contribution is -2.36. The summed E-state index contributed by atoms with van der Waals surface area (Å²) in [5.74, 6) is 1.09. The minimum Gasteiger partial charge on any atom is -0.490 e. The fraction of sp³-hybridized carbons (Fsp3) is 0.565. The highest BCUT2D eigenvalue weighted by atomic mass is 19.4. The molecule has 0 saturated heterocycles. The predicted molar refractivity (Wildman–Crippen MR) is 109 cm³/mol. The Bertz CT molecular complexity index is 853. The van der Waals surface area contributed by atoms with Gasteiger partial charge in [0.05, 0.1) is 18.2 Å². The molecule has 2 aromatic rings. The Kier molecular flexibility index (Phi) is 6.16. The minimum absolute atomic E-state index is 0.0864. The monoisotopic (exact) mass is 409 g/mol. The molecule has 0 bridgehead atoms. The van der Waals surface area contributed by atoms with Crippen LogP contribution in [0.1, 0.15) is 57.6 Å². The molecule has 3 N–H and O–H groups in total. The van der Waals surface area contributed by atoms with Gasteiger partial charge >= 0.3 is 6.18 Å². The second kappa shape index (κ2) is 8.15. The molecule has 2 aromatic carbocycles. The standard InChI is InChI=1S/C23H30F3NO2/c1-14(2)15-4-8-18(9-5-15)29-20-11-6-16-12-17(22(3,27)13-28)7-10-19(16)21(20)23(24,25)26/h6-7,10-12,14-15,18,28H,4-5,8-9,13,27H2,1-3H3. The van der Waals surface area contributed by atoms with Gasteiger partial charge in [-0.3, -0.25) is 0 Å². The van der Waals surface area contributed by atoms with Crippen molar-refractivity contribution < 1.29 is 23.0 Å². The Labute approximate surface area is 170 Å². The van der Waals surface area contributed by atoms with Crippen molar-refractivity contribution >= 4 is 10.8 Å². The van der Waals surface area contributed by atoms with Crippen LogP contribution in [0.2, 0.25) is 0 Å². The molecule has 1 saturated carbocycles. The zero-order valence-electron chi connectivity index (χ0n) is 17.2. The highest BCUT2D eigenvalue weighted by Crippen LogP contribution is 2.43. The molecule has 160 valence electrons. The van der Waals surface area contributed by atoms with Gasteiger partial charge in [-0.2, -0.15) is 13.2 Å². The van der Waals surface area contributed by atoms with Crippen LogP contribution >= 0.6 is 0 Å². The zero-order chi connectivity index (χ0) is 21.4. The average molecular weight is 409 g/mol. The summed E-state index contributed by atoms with van der Waals surface area (Å²) in [4.78, 5) is 0. The molecule has 3 rings (SSSR count). The highest BCUT2D eigenvalue weighted by molar-refractivity contribution is 5.89. The van der Waals surface area contributed by atoms with Crippen LogP contribution in [0.3, 0.4) is 0 Å². The first-order valence-electron chi connectivity index (χ1n) is 10.2. The lowest BCUT2D eigenvalue weighted by Gasteiger charge is -2.32. The first-order chi connectivity index (χ1) is 13.5. The molecule has 1 unspecified atom stereocenters. The molecular formula is C23H30F3NO2. The molecular weight excluding hydrogens is 379 g/mol. The zero-order valence-corrected chi connectivity index (χ0v) is 17.2. The van der Waals surface area contributed by atoms with E-state index in [1.165, 1.54) is 12.1 Å². The molecule has 1 aliphatic carbocycles. The number of benzene rings is 2. The summed E-state index contributed by atoms with van der Waals surface area (Å²) in [6, 6.07) is 7.63. The molecule has 0 spiro atoms. The van der Waals surface area contributed by atoms with E-state index in [1.54, 1.807) is 25.1 Å². The van der Waals surface area contributed by atoms with Gasteiger partial charge in [0.15, 0.2) is 0 Å². The summed E-state index contributed by atoms with van der Waals surface area (Å²) < 4.78 is 47.8. The predicted octanol–water partition coefficient (Wildman–Crippen LogP) is 5.62. The van der Waals surface area contributed by atoms with Crippen LogP contribution in [0.25, 0.3) is 10.8 Å². The number of aliphatic hydroxyl groups is 1. The van der Waals surface area contributed by atoms with Gasteiger partial charge in [0, 0.05) is 0 Å². The third kappa shape index (κ3) is 4.69. The second-order valence-corrected chi connectivity index (χ2v) is 8.85. The van der Waals surface area contributed by atoms with Gasteiger partial charge < -0.3 is 15.6 Å². The molecule has 0 amide bonds. The molecule has 0 heterocycles. The molecule has 29 heavy (non-hydrogen) atoms. The van der Waals surface area contributed by atoms with Crippen molar-refractivity contribution in [2.75, 3.05) is 6.61 Å².